The number of amides is 2. The van der Waals surface area contributed by atoms with Gasteiger partial charge in [-0.1, -0.05) is 5.16 Å². The van der Waals surface area contributed by atoms with Gasteiger partial charge in [0.1, 0.15) is 11.5 Å². The standard InChI is InChI=1S/C16H19N3O4/c1-10-14(11(2)23-19-10)7-8-18-16(21)12-3-5-13(6-4-12)22-9-15(17)20/h3-6H,7-9H2,1-2H3,(H2,17,20)(H,18,21). The predicted molar refractivity (Wildman–Crippen MR) is 83.1 cm³/mol. The summed E-state index contributed by atoms with van der Waals surface area (Å²) in [5.74, 6) is 0.521. The van der Waals surface area contributed by atoms with E-state index in [1.165, 1.54) is 0 Å². The van der Waals surface area contributed by atoms with Crippen LogP contribution in [0.5, 0.6) is 5.75 Å². The second kappa shape index (κ2) is 7.44. The molecule has 2 amide bonds. The first-order valence-electron chi connectivity index (χ1n) is 7.18. The summed E-state index contributed by atoms with van der Waals surface area (Å²) in [6.07, 6.45) is 0.659. The summed E-state index contributed by atoms with van der Waals surface area (Å²) in [6.45, 7) is 4.02. The van der Waals surface area contributed by atoms with Gasteiger partial charge in [-0.15, -0.1) is 0 Å². The maximum Gasteiger partial charge on any atom is 0.255 e. The lowest BCUT2D eigenvalue weighted by molar-refractivity contribution is -0.119. The number of carbonyl (C=O) groups is 2. The molecule has 0 bridgehead atoms. The molecule has 122 valence electrons. The quantitative estimate of drug-likeness (QED) is 0.796. The normalized spacial score (nSPS) is 10.3. The number of carbonyl (C=O) groups excluding carboxylic acids is 2. The van der Waals surface area contributed by atoms with Gasteiger partial charge in [0.05, 0.1) is 5.69 Å². The summed E-state index contributed by atoms with van der Waals surface area (Å²) in [4.78, 5) is 22.7. The van der Waals surface area contributed by atoms with Gasteiger partial charge in [-0.05, 0) is 44.5 Å². The molecule has 0 radical (unpaired) electrons. The highest BCUT2D eigenvalue weighted by molar-refractivity contribution is 5.94. The van der Waals surface area contributed by atoms with Crippen molar-refractivity contribution in [3.05, 3.63) is 46.8 Å². The Balaban J connectivity index is 1.85. The molecular formula is C16H19N3O4. The Morgan fingerprint density at radius 1 is 1.26 bits per heavy atom. The van der Waals surface area contributed by atoms with E-state index in [4.69, 9.17) is 15.0 Å². The fraction of sp³-hybridized carbons (Fsp3) is 0.312. The molecule has 0 atom stereocenters. The van der Waals surface area contributed by atoms with Crippen LogP contribution in [0.15, 0.2) is 28.8 Å². The fourth-order valence-corrected chi connectivity index (χ4v) is 2.12. The van der Waals surface area contributed by atoms with Crippen molar-refractivity contribution in [3.8, 4) is 5.75 Å². The maximum atomic E-state index is 12.1. The number of hydrogen-bond acceptors (Lipinski definition) is 5. The lowest BCUT2D eigenvalue weighted by Crippen LogP contribution is -2.25. The van der Waals surface area contributed by atoms with Crippen molar-refractivity contribution in [3.63, 3.8) is 0 Å². The summed E-state index contributed by atoms with van der Waals surface area (Å²) in [5.41, 5.74) is 7.36. The number of primary amides is 1. The Morgan fingerprint density at radius 2 is 1.96 bits per heavy atom. The monoisotopic (exact) mass is 317 g/mol. The Hall–Kier alpha value is -2.83. The van der Waals surface area contributed by atoms with Gasteiger partial charge in [-0.25, -0.2) is 0 Å². The van der Waals surface area contributed by atoms with Crippen LogP contribution in [0.1, 0.15) is 27.4 Å². The van der Waals surface area contributed by atoms with Gasteiger partial charge in [0.15, 0.2) is 6.61 Å². The summed E-state index contributed by atoms with van der Waals surface area (Å²) in [6, 6.07) is 6.49. The van der Waals surface area contributed by atoms with Crippen LogP contribution in [0.2, 0.25) is 0 Å². The number of nitrogens with one attached hydrogen (secondary N) is 1. The summed E-state index contributed by atoms with van der Waals surface area (Å²) in [5, 5.41) is 6.72. The van der Waals surface area contributed by atoms with Crippen molar-refractivity contribution in [1.29, 1.82) is 0 Å². The van der Waals surface area contributed by atoms with Crippen molar-refractivity contribution in [1.82, 2.24) is 10.5 Å². The average molecular weight is 317 g/mol. The van der Waals surface area contributed by atoms with E-state index in [0.29, 0.717) is 24.3 Å². The molecule has 23 heavy (non-hydrogen) atoms. The molecular weight excluding hydrogens is 298 g/mol. The van der Waals surface area contributed by atoms with Gasteiger partial charge in [-0.3, -0.25) is 9.59 Å². The predicted octanol–water partition coefficient (Wildman–Crippen LogP) is 1.13. The van der Waals surface area contributed by atoms with Crippen LogP contribution >= 0.6 is 0 Å². The topological polar surface area (TPSA) is 107 Å². The third-order valence-corrected chi connectivity index (χ3v) is 3.34. The third-order valence-electron chi connectivity index (χ3n) is 3.34. The highest BCUT2D eigenvalue weighted by Crippen LogP contribution is 2.13. The van der Waals surface area contributed by atoms with E-state index in [0.717, 1.165) is 17.0 Å². The van der Waals surface area contributed by atoms with Gasteiger partial charge in [0.25, 0.3) is 11.8 Å². The van der Waals surface area contributed by atoms with Crippen LogP contribution in [0.4, 0.5) is 0 Å². The summed E-state index contributed by atoms with van der Waals surface area (Å²) < 4.78 is 10.2. The molecule has 0 saturated heterocycles. The Kier molecular flexibility index (Phi) is 5.35. The molecule has 0 fully saturated rings. The largest absolute Gasteiger partial charge is 0.484 e. The first-order chi connectivity index (χ1) is 11.0. The molecule has 7 nitrogen and oxygen atoms in total. The van der Waals surface area contributed by atoms with E-state index in [9.17, 15) is 9.59 Å². The van der Waals surface area contributed by atoms with E-state index in [1.807, 2.05) is 13.8 Å². The van der Waals surface area contributed by atoms with Crippen molar-refractivity contribution in [2.45, 2.75) is 20.3 Å². The van der Waals surface area contributed by atoms with E-state index < -0.39 is 5.91 Å². The third kappa shape index (κ3) is 4.57. The molecule has 0 aliphatic carbocycles. The number of ether oxygens (including phenoxy) is 1. The summed E-state index contributed by atoms with van der Waals surface area (Å²) in [7, 11) is 0. The number of hydrogen-bond donors (Lipinski definition) is 2. The van der Waals surface area contributed by atoms with Gasteiger partial charge in [-0.2, -0.15) is 0 Å². The van der Waals surface area contributed by atoms with Gasteiger partial charge >= 0.3 is 0 Å². The van der Waals surface area contributed by atoms with Crippen molar-refractivity contribution >= 4 is 11.8 Å². The Labute approximate surface area is 133 Å². The fourth-order valence-electron chi connectivity index (χ4n) is 2.12. The van der Waals surface area contributed by atoms with Crippen LogP contribution in [0.3, 0.4) is 0 Å². The van der Waals surface area contributed by atoms with Crippen LogP contribution < -0.4 is 15.8 Å². The number of aryl methyl sites for hydroxylation is 2. The molecule has 1 heterocycles. The highest BCUT2D eigenvalue weighted by Gasteiger charge is 2.10. The molecule has 0 unspecified atom stereocenters. The van der Waals surface area contributed by atoms with Crippen LogP contribution in [0, 0.1) is 13.8 Å². The zero-order chi connectivity index (χ0) is 16.8. The SMILES string of the molecule is Cc1noc(C)c1CCNC(=O)c1ccc(OCC(N)=O)cc1. The molecule has 1 aromatic carbocycles. The number of rotatable bonds is 7. The van der Waals surface area contributed by atoms with E-state index in [-0.39, 0.29) is 12.5 Å². The second-order valence-electron chi connectivity index (χ2n) is 5.09. The highest BCUT2D eigenvalue weighted by atomic mass is 16.5. The van der Waals surface area contributed by atoms with Crippen molar-refractivity contribution in [2.75, 3.05) is 13.2 Å². The molecule has 0 aliphatic heterocycles. The van der Waals surface area contributed by atoms with Crippen molar-refractivity contribution in [2.24, 2.45) is 5.73 Å². The summed E-state index contributed by atoms with van der Waals surface area (Å²) >= 11 is 0. The molecule has 2 rings (SSSR count). The van der Waals surface area contributed by atoms with Gasteiger partial charge < -0.3 is 20.3 Å². The minimum atomic E-state index is -0.550. The number of aromatic nitrogens is 1. The van der Waals surface area contributed by atoms with Crippen LogP contribution in [-0.2, 0) is 11.2 Å². The molecule has 2 aromatic rings. The lowest BCUT2D eigenvalue weighted by Gasteiger charge is -2.07. The second-order valence-corrected chi connectivity index (χ2v) is 5.09. The number of benzene rings is 1. The molecule has 0 spiro atoms. The smallest absolute Gasteiger partial charge is 0.255 e. The number of nitrogens with two attached hydrogens (primary N) is 1. The average Bonchev–Trinajstić information content (AvgIpc) is 2.85. The van der Waals surface area contributed by atoms with E-state index in [2.05, 4.69) is 10.5 Å². The molecule has 1 aromatic heterocycles. The molecule has 3 N–H and O–H groups in total. The molecule has 0 saturated carbocycles. The minimum absolute atomic E-state index is 0.182. The lowest BCUT2D eigenvalue weighted by atomic mass is 10.1. The first-order valence-corrected chi connectivity index (χ1v) is 7.18. The van der Waals surface area contributed by atoms with Crippen LogP contribution in [-0.4, -0.2) is 30.1 Å². The number of nitrogens with zero attached hydrogens (tertiary/aromatic N) is 1. The zero-order valence-electron chi connectivity index (χ0n) is 13.1. The first kappa shape index (κ1) is 16.5. The van der Waals surface area contributed by atoms with Crippen LogP contribution in [0.25, 0.3) is 0 Å². The molecule has 0 aliphatic rings. The Morgan fingerprint density at radius 3 is 2.52 bits per heavy atom. The molecule has 7 heteroatoms. The maximum absolute atomic E-state index is 12.1. The van der Waals surface area contributed by atoms with E-state index >= 15 is 0 Å². The minimum Gasteiger partial charge on any atom is -0.484 e. The zero-order valence-corrected chi connectivity index (χ0v) is 13.1. The van der Waals surface area contributed by atoms with E-state index in [1.54, 1.807) is 24.3 Å². The van der Waals surface area contributed by atoms with Gasteiger partial charge in [0.2, 0.25) is 0 Å². The van der Waals surface area contributed by atoms with Gasteiger partial charge in [0, 0.05) is 17.7 Å². The van der Waals surface area contributed by atoms with Crippen molar-refractivity contribution < 1.29 is 18.8 Å². The Bertz CT molecular complexity index is 672.